The van der Waals surface area contributed by atoms with Crippen molar-refractivity contribution in [2.24, 2.45) is 5.41 Å². The van der Waals surface area contributed by atoms with Crippen molar-refractivity contribution in [1.82, 2.24) is 24.5 Å². The van der Waals surface area contributed by atoms with Gasteiger partial charge in [-0.1, -0.05) is 38.1 Å². The number of anilines is 3. The Morgan fingerprint density at radius 2 is 1.69 bits per heavy atom. The zero-order chi connectivity index (χ0) is 46.9. The van der Waals surface area contributed by atoms with E-state index in [1.807, 2.05) is 30.5 Å². The van der Waals surface area contributed by atoms with Gasteiger partial charge in [-0.15, -0.1) is 0 Å². The average molecular weight is 936 g/mol. The van der Waals surface area contributed by atoms with Gasteiger partial charge in [0.1, 0.15) is 28.6 Å². The lowest BCUT2D eigenvalue weighted by atomic mass is 9.59. The molecule has 6 aromatic rings. The van der Waals surface area contributed by atoms with Gasteiger partial charge in [0.15, 0.2) is 0 Å². The van der Waals surface area contributed by atoms with E-state index >= 15 is 0 Å². The minimum atomic E-state index is -0.534. The first-order valence-corrected chi connectivity index (χ1v) is 24.8. The highest BCUT2D eigenvalue weighted by molar-refractivity contribution is 7.98. The molecule has 0 bridgehead atoms. The van der Waals surface area contributed by atoms with Crippen LogP contribution < -0.4 is 29.7 Å². The van der Waals surface area contributed by atoms with Crippen molar-refractivity contribution in [3.05, 3.63) is 136 Å². The van der Waals surface area contributed by atoms with Crippen LogP contribution in [-0.4, -0.2) is 95.6 Å². The smallest absolute Gasteiger partial charge is 0.293 e. The molecule has 5 heterocycles. The number of H-pyrrole nitrogens is 1. The summed E-state index contributed by atoms with van der Waals surface area (Å²) in [6.45, 7) is 11.9. The number of rotatable bonds is 13. The quantitative estimate of drug-likeness (QED) is 0.0436. The summed E-state index contributed by atoms with van der Waals surface area (Å²) in [5, 5.41) is 12.4. The first-order valence-electron chi connectivity index (χ1n) is 24.0. The number of nitrogens with zero attached hydrogens (tertiary/aromatic N) is 6. The van der Waals surface area contributed by atoms with Crippen LogP contribution in [0.15, 0.2) is 114 Å². The number of nitrogens with one attached hydrogen (secondary N) is 2. The minimum absolute atomic E-state index is 0.0602. The zero-order valence-corrected chi connectivity index (χ0v) is 39.9. The van der Waals surface area contributed by atoms with Crippen LogP contribution in [0.5, 0.6) is 17.2 Å². The number of pyridine rings is 1. The number of piperidine rings is 2. The van der Waals surface area contributed by atoms with Gasteiger partial charge in [-0.2, -0.15) is 0 Å². The lowest BCUT2D eigenvalue weighted by Crippen LogP contribution is -2.62. The number of ether oxygens (including phenoxy) is 2. The van der Waals surface area contributed by atoms with Crippen molar-refractivity contribution in [1.29, 1.82) is 0 Å². The van der Waals surface area contributed by atoms with Crippen LogP contribution in [0.4, 0.5) is 22.7 Å². The summed E-state index contributed by atoms with van der Waals surface area (Å²) in [6, 6.07) is 33.2. The standard InChI is InChI=1S/C53H61N9O5S/c1-35(2)44-8-4-5-9-45(44)49-34-60(39-7-6-22-59(33-39)37-10-13-41(66-3)14-11-37)25-26-61(49)40-30-53(31-40)19-23-58(24-20-53)38-12-16-46(50(28-38)67-42-27-36-18-21-55-51(36)56-32-42)52(63)57-68-43-15-17-47(54)48(29-43)62(64)65/h4-5,8-18,21,27-29,32,35,39-40,49H,6-7,19-20,22-26,30-31,33-34,54H2,1-3H3,(H,55,56)(H,57,63). The van der Waals surface area contributed by atoms with Crippen molar-refractivity contribution in [2.75, 3.05) is 68.5 Å². The topological polar surface area (TPSA) is 158 Å². The molecule has 1 saturated carbocycles. The van der Waals surface area contributed by atoms with Crippen LogP contribution in [0.1, 0.15) is 85.8 Å². The number of carbonyl (C=O) groups is 1. The van der Waals surface area contributed by atoms with E-state index in [-0.39, 0.29) is 11.4 Å². The molecule has 10 rings (SSSR count). The molecule has 1 amide bonds. The van der Waals surface area contributed by atoms with Crippen LogP contribution in [0.2, 0.25) is 0 Å². The third kappa shape index (κ3) is 9.43. The van der Waals surface area contributed by atoms with Crippen molar-refractivity contribution < 1.29 is 19.2 Å². The van der Waals surface area contributed by atoms with Crippen molar-refractivity contribution in [2.45, 2.75) is 81.3 Å². The molecule has 3 aliphatic heterocycles. The average Bonchev–Trinajstić information content (AvgIpc) is 3.83. The predicted octanol–water partition coefficient (Wildman–Crippen LogP) is 10.2. The van der Waals surface area contributed by atoms with Gasteiger partial charge in [0, 0.05) is 104 Å². The Morgan fingerprint density at radius 1 is 0.897 bits per heavy atom. The molecule has 2 atom stereocenters. The summed E-state index contributed by atoms with van der Waals surface area (Å²) in [6.07, 6.45) is 10.5. The van der Waals surface area contributed by atoms with Crippen LogP contribution in [0.3, 0.4) is 0 Å². The highest BCUT2D eigenvalue weighted by Gasteiger charge is 2.50. The predicted molar refractivity (Wildman–Crippen MR) is 270 cm³/mol. The molecule has 4 N–H and O–H groups in total. The Balaban J connectivity index is 0.824. The fourth-order valence-corrected chi connectivity index (χ4v) is 11.9. The molecule has 15 heteroatoms. The second-order valence-electron chi connectivity index (χ2n) is 19.4. The van der Waals surface area contributed by atoms with E-state index in [2.05, 4.69) is 96.7 Å². The maximum atomic E-state index is 13.8. The molecule has 2 aromatic heterocycles. The monoisotopic (exact) mass is 935 g/mol. The van der Waals surface area contributed by atoms with Crippen LogP contribution in [-0.2, 0) is 0 Å². The van der Waals surface area contributed by atoms with Crippen LogP contribution in [0, 0.1) is 15.5 Å². The van der Waals surface area contributed by atoms with E-state index in [0.29, 0.717) is 51.4 Å². The van der Waals surface area contributed by atoms with Crippen molar-refractivity contribution in [3.8, 4) is 17.2 Å². The second kappa shape index (κ2) is 19.4. The molecule has 1 spiro atoms. The number of carbonyl (C=O) groups excluding carboxylic acids is 1. The van der Waals surface area contributed by atoms with Crippen molar-refractivity contribution >= 4 is 51.6 Å². The maximum Gasteiger partial charge on any atom is 0.293 e. The molecular weight excluding hydrogens is 875 g/mol. The maximum absolute atomic E-state index is 13.8. The molecular formula is C53H61N9O5S. The van der Waals surface area contributed by atoms with E-state index in [9.17, 15) is 14.9 Å². The Labute approximate surface area is 402 Å². The number of hydrogen-bond donors (Lipinski definition) is 3. The summed E-state index contributed by atoms with van der Waals surface area (Å²) in [4.78, 5) is 43.6. The fourth-order valence-electron chi connectivity index (χ4n) is 11.3. The Kier molecular flexibility index (Phi) is 13.0. The molecule has 3 saturated heterocycles. The van der Waals surface area contributed by atoms with E-state index in [1.165, 1.54) is 54.6 Å². The number of nitro benzene ring substituents is 1. The number of methoxy groups -OCH3 is 1. The summed E-state index contributed by atoms with van der Waals surface area (Å²) in [5.74, 6) is 1.86. The number of aromatic amines is 1. The SMILES string of the molecule is COc1ccc(N2CCCC(N3CCN(C4CC5(CCN(c6ccc(C(=O)NSc7ccc(N)c([N+](=O)[O-])c7)c(Oc7cnc8[nH]ccc8c7)c6)CC5)C4)C(c4ccccc4C(C)C)C3)C2)cc1. The van der Waals surface area contributed by atoms with Gasteiger partial charge in [0.05, 0.1) is 23.8 Å². The number of piperazine rings is 1. The third-order valence-corrected chi connectivity index (χ3v) is 15.8. The Bertz CT molecular complexity index is 2770. The highest BCUT2D eigenvalue weighted by Crippen LogP contribution is 2.53. The molecule has 4 aromatic carbocycles. The second-order valence-corrected chi connectivity index (χ2v) is 20.3. The summed E-state index contributed by atoms with van der Waals surface area (Å²) >= 11 is 0.987. The number of benzene rings is 4. The van der Waals surface area contributed by atoms with Gasteiger partial charge < -0.3 is 30.0 Å². The normalized spacial score (nSPS) is 20.1. The van der Waals surface area contributed by atoms with Crippen LogP contribution >= 0.6 is 11.9 Å². The molecule has 68 heavy (non-hydrogen) atoms. The number of amides is 1. The van der Waals surface area contributed by atoms with E-state index in [4.69, 9.17) is 15.2 Å². The van der Waals surface area contributed by atoms with Gasteiger partial charge >= 0.3 is 0 Å². The van der Waals surface area contributed by atoms with Crippen LogP contribution in [0.25, 0.3) is 11.0 Å². The minimum Gasteiger partial charge on any atom is -0.497 e. The number of hydrogen-bond acceptors (Lipinski definition) is 12. The molecule has 4 aliphatic rings. The van der Waals surface area contributed by atoms with Gasteiger partial charge in [-0.05, 0) is 134 Å². The Hall–Kier alpha value is -6.29. The first kappa shape index (κ1) is 45.5. The van der Waals surface area contributed by atoms with Gasteiger partial charge in [0.25, 0.3) is 11.6 Å². The lowest BCUT2D eigenvalue weighted by Gasteiger charge is -2.59. The van der Waals surface area contributed by atoms with Crippen molar-refractivity contribution in [3.63, 3.8) is 0 Å². The number of nitrogens with two attached hydrogens (primary N) is 1. The summed E-state index contributed by atoms with van der Waals surface area (Å²) < 4.78 is 14.8. The highest BCUT2D eigenvalue weighted by atomic mass is 32.2. The van der Waals surface area contributed by atoms with Gasteiger partial charge in [-0.25, -0.2) is 4.98 Å². The first-order chi connectivity index (χ1) is 33.0. The zero-order valence-electron chi connectivity index (χ0n) is 39.1. The molecule has 0 radical (unpaired) electrons. The number of nitrogen functional groups attached to an aromatic ring is 1. The van der Waals surface area contributed by atoms with E-state index in [1.54, 1.807) is 25.4 Å². The molecule has 354 valence electrons. The van der Waals surface area contributed by atoms with Gasteiger partial charge in [0.2, 0.25) is 0 Å². The fraction of sp³-hybridized carbons (Fsp3) is 0.396. The van der Waals surface area contributed by atoms with E-state index in [0.717, 1.165) is 93.1 Å². The van der Waals surface area contributed by atoms with Gasteiger partial charge in [-0.3, -0.25) is 29.4 Å². The largest absolute Gasteiger partial charge is 0.497 e. The number of nitro groups is 1. The lowest BCUT2D eigenvalue weighted by molar-refractivity contribution is -0.384. The summed E-state index contributed by atoms with van der Waals surface area (Å²) in [7, 11) is 1.73. The third-order valence-electron chi connectivity index (χ3n) is 15.0. The molecule has 2 unspecified atom stereocenters. The number of fused-ring (bicyclic) bond motifs is 1. The molecule has 1 aliphatic carbocycles. The molecule has 4 fully saturated rings. The Morgan fingerprint density at radius 3 is 2.47 bits per heavy atom. The molecule has 14 nitrogen and oxygen atoms in total. The van der Waals surface area contributed by atoms with E-state index < -0.39 is 10.8 Å². The summed E-state index contributed by atoms with van der Waals surface area (Å²) in [5.41, 5.74) is 12.3. The number of aromatic nitrogens is 2.